The fourth-order valence-corrected chi connectivity index (χ4v) is 2.22. The predicted molar refractivity (Wildman–Crippen MR) is 72.7 cm³/mol. The van der Waals surface area contributed by atoms with Crippen molar-refractivity contribution in [2.75, 3.05) is 14.2 Å². The van der Waals surface area contributed by atoms with Crippen molar-refractivity contribution in [1.29, 1.82) is 0 Å². The molecule has 4 heteroatoms. The number of nitrogens with two attached hydrogens (primary N) is 1. The molecule has 19 heavy (non-hydrogen) atoms. The lowest BCUT2D eigenvalue weighted by molar-refractivity contribution is -0.115. The van der Waals surface area contributed by atoms with Crippen LogP contribution < -0.4 is 10.5 Å². The van der Waals surface area contributed by atoms with Crippen LogP contribution in [0.25, 0.3) is 0 Å². The zero-order chi connectivity index (χ0) is 13.9. The number of primary amides is 1. The summed E-state index contributed by atoms with van der Waals surface area (Å²) in [6.07, 6.45) is 5.89. The van der Waals surface area contributed by atoms with E-state index in [1.54, 1.807) is 26.4 Å². The van der Waals surface area contributed by atoms with Crippen LogP contribution in [-0.4, -0.2) is 20.1 Å². The smallest absolute Gasteiger partial charge is 0.244 e. The largest absolute Gasteiger partial charge is 0.497 e. The van der Waals surface area contributed by atoms with Crippen LogP contribution in [0.4, 0.5) is 0 Å². The average Bonchev–Trinajstić information content (AvgIpc) is 2.47. The third-order valence-electron chi connectivity index (χ3n) is 3.38. The van der Waals surface area contributed by atoms with Gasteiger partial charge in [-0.3, -0.25) is 4.79 Å². The Balaban J connectivity index is 2.36. The first-order valence-corrected chi connectivity index (χ1v) is 5.99. The normalized spacial score (nSPS) is 21.9. The molecule has 0 saturated heterocycles. The highest BCUT2D eigenvalue weighted by atomic mass is 16.5. The molecule has 2 N–H and O–H groups in total. The van der Waals surface area contributed by atoms with E-state index in [0.29, 0.717) is 12.0 Å². The summed E-state index contributed by atoms with van der Waals surface area (Å²) in [6, 6.07) is 7.59. The van der Waals surface area contributed by atoms with Gasteiger partial charge in [0.25, 0.3) is 0 Å². The second-order valence-corrected chi connectivity index (χ2v) is 4.41. The predicted octanol–water partition coefficient (Wildman–Crippen LogP) is 1.91. The number of carbonyl (C=O) groups is 1. The molecule has 1 aromatic rings. The van der Waals surface area contributed by atoms with Crippen LogP contribution in [0, 0.1) is 0 Å². The number of hydrogen-bond acceptors (Lipinski definition) is 3. The molecule has 2 rings (SSSR count). The van der Waals surface area contributed by atoms with Gasteiger partial charge in [0, 0.05) is 19.1 Å². The summed E-state index contributed by atoms with van der Waals surface area (Å²) < 4.78 is 10.8. The van der Waals surface area contributed by atoms with Gasteiger partial charge >= 0.3 is 0 Å². The van der Waals surface area contributed by atoms with Crippen molar-refractivity contribution in [3.8, 4) is 5.75 Å². The Bertz CT molecular complexity index is 531. The first kappa shape index (κ1) is 13.4. The molecule has 4 nitrogen and oxygen atoms in total. The quantitative estimate of drug-likeness (QED) is 0.898. The second kappa shape index (κ2) is 5.28. The van der Waals surface area contributed by atoms with Crippen LogP contribution in [0.15, 0.2) is 48.1 Å². The SMILES string of the molecule is COc1ccc(C2(OC)C=CC=C(C(N)=O)C2)cc1. The van der Waals surface area contributed by atoms with Gasteiger partial charge in [0.15, 0.2) is 0 Å². The third kappa shape index (κ3) is 2.53. The lowest BCUT2D eigenvalue weighted by Gasteiger charge is -2.32. The van der Waals surface area contributed by atoms with E-state index in [0.717, 1.165) is 11.3 Å². The Morgan fingerprint density at radius 3 is 2.47 bits per heavy atom. The van der Waals surface area contributed by atoms with Crippen LogP contribution >= 0.6 is 0 Å². The van der Waals surface area contributed by atoms with Crippen LogP contribution in [-0.2, 0) is 15.1 Å². The number of allylic oxidation sites excluding steroid dienone is 2. The molecular formula is C15H17NO3. The minimum absolute atomic E-state index is 0.417. The van der Waals surface area contributed by atoms with E-state index >= 15 is 0 Å². The molecule has 1 aromatic carbocycles. The van der Waals surface area contributed by atoms with Crippen molar-refractivity contribution in [2.45, 2.75) is 12.0 Å². The van der Waals surface area contributed by atoms with Crippen molar-refractivity contribution < 1.29 is 14.3 Å². The molecular weight excluding hydrogens is 242 g/mol. The molecule has 0 saturated carbocycles. The summed E-state index contributed by atoms with van der Waals surface area (Å²) in [7, 11) is 3.24. The molecule has 0 heterocycles. The highest BCUT2D eigenvalue weighted by molar-refractivity contribution is 5.92. The first-order chi connectivity index (χ1) is 9.11. The second-order valence-electron chi connectivity index (χ2n) is 4.41. The summed E-state index contributed by atoms with van der Waals surface area (Å²) in [5, 5.41) is 0. The monoisotopic (exact) mass is 259 g/mol. The number of carbonyl (C=O) groups excluding carboxylic acids is 1. The van der Waals surface area contributed by atoms with E-state index < -0.39 is 11.5 Å². The minimum atomic E-state index is -0.647. The van der Waals surface area contributed by atoms with Gasteiger partial charge in [-0.15, -0.1) is 0 Å². The van der Waals surface area contributed by atoms with Gasteiger partial charge in [0.05, 0.1) is 7.11 Å². The lowest BCUT2D eigenvalue weighted by atomic mass is 9.83. The van der Waals surface area contributed by atoms with Crippen LogP contribution in [0.2, 0.25) is 0 Å². The van der Waals surface area contributed by atoms with Gasteiger partial charge in [0.2, 0.25) is 5.91 Å². The summed E-state index contributed by atoms with van der Waals surface area (Å²) in [5.41, 5.74) is 6.22. The zero-order valence-corrected chi connectivity index (χ0v) is 11.1. The highest BCUT2D eigenvalue weighted by Gasteiger charge is 2.33. The zero-order valence-electron chi connectivity index (χ0n) is 11.1. The molecule has 0 fully saturated rings. The van der Waals surface area contributed by atoms with Crippen molar-refractivity contribution in [3.63, 3.8) is 0 Å². The molecule has 1 amide bonds. The van der Waals surface area contributed by atoms with Gasteiger partial charge in [-0.25, -0.2) is 0 Å². The molecule has 0 spiro atoms. The average molecular weight is 259 g/mol. The van der Waals surface area contributed by atoms with Crippen LogP contribution in [0.1, 0.15) is 12.0 Å². The van der Waals surface area contributed by atoms with Crippen molar-refractivity contribution in [2.24, 2.45) is 5.73 Å². The number of methoxy groups -OCH3 is 2. The Labute approximate surface area is 112 Å². The Kier molecular flexibility index (Phi) is 3.71. The standard InChI is InChI=1S/C15H17NO3/c1-18-13-7-5-12(6-8-13)15(19-2)9-3-4-11(10-15)14(16)17/h3-9H,10H2,1-2H3,(H2,16,17). The molecule has 1 aliphatic carbocycles. The summed E-state index contributed by atoms with van der Waals surface area (Å²) >= 11 is 0. The maximum atomic E-state index is 11.3. The Hall–Kier alpha value is -2.07. The maximum Gasteiger partial charge on any atom is 0.244 e. The van der Waals surface area contributed by atoms with E-state index in [1.807, 2.05) is 30.3 Å². The number of ether oxygens (including phenoxy) is 2. The molecule has 1 aliphatic rings. The van der Waals surface area contributed by atoms with Gasteiger partial charge < -0.3 is 15.2 Å². The Morgan fingerprint density at radius 1 is 1.26 bits per heavy atom. The first-order valence-electron chi connectivity index (χ1n) is 5.99. The van der Waals surface area contributed by atoms with Crippen LogP contribution in [0.3, 0.4) is 0 Å². The topological polar surface area (TPSA) is 61.6 Å². The van der Waals surface area contributed by atoms with Gasteiger partial charge in [-0.1, -0.05) is 24.3 Å². The number of hydrogen-bond donors (Lipinski definition) is 1. The molecule has 1 unspecified atom stereocenters. The molecule has 0 radical (unpaired) electrons. The van der Waals surface area contributed by atoms with E-state index in [2.05, 4.69) is 0 Å². The van der Waals surface area contributed by atoms with E-state index in [9.17, 15) is 4.79 Å². The number of rotatable bonds is 4. The van der Waals surface area contributed by atoms with Crippen LogP contribution in [0.5, 0.6) is 5.75 Å². The van der Waals surface area contributed by atoms with Crippen molar-refractivity contribution >= 4 is 5.91 Å². The van der Waals surface area contributed by atoms with Gasteiger partial charge in [0.1, 0.15) is 11.4 Å². The molecule has 100 valence electrons. The third-order valence-corrected chi connectivity index (χ3v) is 3.38. The minimum Gasteiger partial charge on any atom is -0.497 e. The molecule has 0 bridgehead atoms. The number of amides is 1. The van der Waals surface area contributed by atoms with Gasteiger partial charge in [-0.05, 0) is 23.8 Å². The lowest BCUT2D eigenvalue weighted by Crippen LogP contribution is -2.31. The van der Waals surface area contributed by atoms with Gasteiger partial charge in [-0.2, -0.15) is 0 Å². The summed E-state index contributed by atoms with van der Waals surface area (Å²) in [5.74, 6) is 0.361. The molecule has 0 aromatic heterocycles. The highest BCUT2D eigenvalue weighted by Crippen LogP contribution is 2.36. The van der Waals surface area contributed by atoms with E-state index in [1.165, 1.54) is 0 Å². The van der Waals surface area contributed by atoms with E-state index in [-0.39, 0.29) is 0 Å². The fraction of sp³-hybridized carbons (Fsp3) is 0.267. The van der Waals surface area contributed by atoms with Crippen molar-refractivity contribution in [1.82, 2.24) is 0 Å². The maximum absolute atomic E-state index is 11.3. The Morgan fingerprint density at radius 2 is 1.95 bits per heavy atom. The fourth-order valence-electron chi connectivity index (χ4n) is 2.22. The molecule has 0 aliphatic heterocycles. The van der Waals surface area contributed by atoms with E-state index in [4.69, 9.17) is 15.2 Å². The summed E-state index contributed by atoms with van der Waals surface area (Å²) in [4.78, 5) is 11.3. The summed E-state index contributed by atoms with van der Waals surface area (Å²) in [6.45, 7) is 0. The van der Waals surface area contributed by atoms with Crippen molar-refractivity contribution in [3.05, 3.63) is 53.6 Å². The number of benzene rings is 1. The molecule has 1 atom stereocenters.